The first-order chi connectivity index (χ1) is 9.85. The fraction of sp³-hybridized carbons (Fsp3) is 0.308. The molecule has 0 fully saturated rings. The van der Waals surface area contributed by atoms with Crippen LogP contribution in [0.15, 0.2) is 24.3 Å². The van der Waals surface area contributed by atoms with Crippen LogP contribution in [0.25, 0.3) is 0 Å². The number of anilines is 1. The largest absolute Gasteiger partial charge is 0.480 e. The van der Waals surface area contributed by atoms with Gasteiger partial charge in [0, 0.05) is 12.2 Å². The van der Waals surface area contributed by atoms with Crippen LogP contribution in [0, 0.1) is 5.82 Å². The molecule has 1 aromatic carbocycles. The van der Waals surface area contributed by atoms with Gasteiger partial charge in [0.25, 0.3) is 0 Å². The van der Waals surface area contributed by atoms with E-state index in [0.29, 0.717) is 5.69 Å². The normalized spacial score (nSPS) is 11.5. The summed E-state index contributed by atoms with van der Waals surface area (Å²) in [6.45, 7) is 1.91. The molecule has 0 bridgehead atoms. The first-order valence-electron chi connectivity index (χ1n) is 6.19. The van der Waals surface area contributed by atoms with E-state index in [1.165, 1.54) is 29.2 Å². The highest BCUT2D eigenvalue weighted by Gasteiger charge is 2.24. The van der Waals surface area contributed by atoms with Gasteiger partial charge in [0.2, 0.25) is 5.91 Å². The zero-order chi connectivity index (χ0) is 16.0. The number of benzene rings is 1. The van der Waals surface area contributed by atoms with Crippen molar-refractivity contribution < 1.29 is 23.9 Å². The zero-order valence-electron chi connectivity index (χ0n) is 11.4. The number of hydrogen-bond acceptors (Lipinski definition) is 3. The highest BCUT2D eigenvalue weighted by atomic mass is 19.1. The number of carboxylic acid groups (broad SMARTS) is 1. The lowest BCUT2D eigenvalue weighted by Gasteiger charge is -2.23. The summed E-state index contributed by atoms with van der Waals surface area (Å²) in [5, 5.41) is 11.1. The van der Waals surface area contributed by atoms with E-state index in [2.05, 4.69) is 5.32 Å². The molecule has 7 nitrogen and oxygen atoms in total. The van der Waals surface area contributed by atoms with E-state index in [0.717, 1.165) is 0 Å². The average molecular weight is 297 g/mol. The Morgan fingerprint density at radius 3 is 2.33 bits per heavy atom. The number of amides is 3. The van der Waals surface area contributed by atoms with Crippen molar-refractivity contribution in [3.63, 3.8) is 0 Å². The van der Waals surface area contributed by atoms with Crippen LogP contribution in [0.3, 0.4) is 0 Å². The van der Waals surface area contributed by atoms with Gasteiger partial charge in [-0.05, 0) is 31.2 Å². The summed E-state index contributed by atoms with van der Waals surface area (Å²) >= 11 is 0. The molecule has 0 heterocycles. The summed E-state index contributed by atoms with van der Waals surface area (Å²) in [7, 11) is 0. The van der Waals surface area contributed by atoms with E-state index in [1.807, 2.05) is 0 Å². The highest BCUT2D eigenvalue weighted by molar-refractivity contribution is 5.95. The van der Waals surface area contributed by atoms with Crippen molar-refractivity contribution in [1.29, 1.82) is 0 Å². The van der Waals surface area contributed by atoms with Crippen molar-refractivity contribution in [1.82, 2.24) is 5.32 Å². The van der Waals surface area contributed by atoms with Gasteiger partial charge in [0.1, 0.15) is 11.9 Å². The number of nitrogens with one attached hydrogen (secondary N) is 1. The van der Waals surface area contributed by atoms with Gasteiger partial charge in [0.15, 0.2) is 0 Å². The maximum atomic E-state index is 12.9. The molecule has 0 saturated carbocycles. The Hall–Kier alpha value is -2.64. The molecule has 8 heteroatoms. The molecule has 0 aromatic heterocycles. The summed E-state index contributed by atoms with van der Waals surface area (Å²) in [4.78, 5) is 35.0. The van der Waals surface area contributed by atoms with Gasteiger partial charge in [-0.15, -0.1) is 0 Å². The molecule has 0 aliphatic heterocycles. The third kappa shape index (κ3) is 4.75. The van der Waals surface area contributed by atoms with E-state index < -0.39 is 36.2 Å². The molecule has 0 saturated heterocycles. The molecular formula is C13H16FN3O4. The van der Waals surface area contributed by atoms with Crippen molar-refractivity contribution in [2.45, 2.75) is 19.4 Å². The van der Waals surface area contributed by atoms with E-state index in [9.17, 15) is 18.8 Å². The monoisotopic (exact) mass is 297 g/mol. The number of urea groups is 1. The van der Waals surface area contributed by atoms with Crippen LogP contribution in [0.2, 0.25) is 0 Å². The quantitative estimate of drug-likeness (QED) is 0.717. The molecule has 0 spiro atoms. The number of rotatable bonds is 6. The molecule has 114 valence electrons. The summed E-state index contributed by atoms with van der Waals surface area (Å²) in [6, 6.07) is 3.03. The summed E-state index contributed by atoms with van der Waals surface area (Å²) < 4.78 is 12.9. The number of primary amides is 1. The maximum absolute atomic E-state index is 12.9. The second kappa shape index (κ2) is 7.22. The number of halogens is 1. The number of nitrogens with zero attached hydrogens (tertiary/aromatic N) is 1. The molecule has 1 aromatic rings. The Bertz CT molecular complexity index is 533. The minimum Gasteiger partial charge on any atom is -0.480 e. The summed E-state index contributed by atoms with van der Waals surface area (Å²) in [5.41, 5.74) is 5.34. The number of carbonyl (C=O) groups excluding carboxylic acids is 2. The molecular weight excluding hydrogens is 281 g/mol. The molecule has 1 atom stereocenters. The van der Waals surface area contributed by atoms with Gasteiger partial charge < -0.3 is 16.2 Å². The van der Waals surface area contributed by atoms with Crippen LogP contribution in [0.5, 0.6) is 0 Å². The standard InChI is InChI=1S/C13H16FN3O4/c1-2-17(9-5-3-8(14)4-6-9)13(21)16-10(12(19)20)7-11(15)18/h3-6,10H,2,7H2,1H3,(H2,15,18)(H,16,21)(H,19,20)/t10-/m0/s1. The second-order valence-electron chi connectivity index (χ2n) is 4.23. The van der Waals surface area contributed by atoms with Crippen LogP contribution in [0.4, 0.5) is 14.9 Å². The van der Waals surface area contributed by atoms with Gasteiger partial charge >= 0.3 is 12.0 Å². The van der Waals surface area contributed by atoms with E-state index in [-0.39, 0.29) is 6.54 Å². The lowest BCUT2D eigenvalue weighted by Crippen LogP contribution is -2.49. The van der Waals surface area contributed by atoms with E-state index in [4.69, 9.17) is 10.8 Å². The van der Waals surface area contributed by atoms with Crippen LogP contribution in [0.1, 0.15) is 13.3 Å². The molecule has 0 radical (unpaired) electrons. The SMILES string of the molecule is CCN(C(=O)N[C@@H](CC(N)=O)C(=O)O)c1ccc(F)cc1. The Labute approximate surface area is 120 Å². The summed E-state index contributed by atoms with van der Waals surface area (Å²) in [6.07, 6.45) is -0.512. The van der Waals surface area contributed by atoms with Crippen molar-refractivity contribution in [2.75, 3.05) is 11.4 Å². The number of carbonyl (C=O) groups is 3. The number of aliphatic carboxylic acids is 1. The Balaban J connectivity index is 2.85. The molecule has 4 N–H and O–H groups in total. The zero-order valence-corrected chi connectivity index (χ0v) is 11.4. The Morgan fingerprint density at radius 1 is 1.33 bits per heavy atom. The Morgan fingerprint density at radius 2 is 1.90 bits per heavy atom. The second-order valence-corrected chi connectivity index (χ2v) is 4.23. The topological polar surface area (TPSA) is 113 Å². The maximum Gasteiger partial charge on any atom is 0.326 e. The van der Waals surface area contributed by atoms with Crippen LogP contribution < -0.4 is 16.0 Å². The fourth-order valence-electron chi connectivity index (χ4n) is 1.69. The molecule has 1 rings (SSSR count). The number of nitrogens with two attached hydrogens (primary N) is 1. The number of hydrogen-bond donors (Lipinski definition) is 3. The minimum absolute atomic E-state index is 0.236. The van der Waals surface area contributed by atoms with Crippen molar-refractivity contribution >= 4 is 23.6 Å². The summed E-state index contributed by atoms with van der Waals surface area (Å²) in [5.74, 6) is -2.66. The van der Waals surface area contributed by atoms with Crippen molar-refractivity contribution in [3.05, 3.63) is 30.1 Å². The fourth-order valence-corrected chi connectivity index (χ4v) is 1.69. The molecule has 21 heavy (non-hydrogen) atoms. The highest BCUT2D eigenvalue weighted by Crippen LogP contribution is 2.15. The van der Waals surface area contributed by atoms with Crippen LogP contribution in [-0.2, 0) is 9.59 Å². The third-order valence-corrected chi connectivity index (χ3v) is 2.70. The predicted molar refractivity (Wildman–Crippen MR) is 73.2 cm³/mol. The van der Waals surface area contributed by atoms with Gasteiger partial charge in [-0.1, -0.05) is 0 Å². The smallest absolute Gasteiger partial charge is 0.326 e. The lowest BCUT2D eigenvalue weighted by atomic mass is 10.2. The lowest BCUT2D eigenvalue weighted by molar-refractivity contribution is -0.140. The van der Waals surface area contributed by atoms with Crippen molar-refractivity contribution in [3.8, 4) is 0 Å². The van der Waals surface area contributed by atoms with E-state index in [1.54, 1.807) is 6.92 Å². The van der Waals surface area contributed by atoms with Gasteiger partial charge in [-0.2, -0.15) is 0 Å². The molecule has 0 aliphatic carbocycles. The molecule has 0 unspecified atom stereocenters. The van der Waals surface area contributed by atoms with Gasteiger partial charge in [-0.3, -0.25) is 9.69 Å². The van der Waals surface area contributed by atoms with Crippen molar-refractivity contribution in [2.24, 2.45) is 5.73 Å². The third-order valence-electron chi connectivity index (χ3n) is 2.70. The predicted octanol–water partition coefficient (Wildman–Crippen LogP) is 0.690. The molecule has 0 aliphatic rings. The van der Waals surface area contributed by atoms with Crippen LogP contribution in [-0.4, -0.2) is 35.6 Å². The van der Waals surface area contributed by atoms with Crippen LogP contribution >= 0.6 is 0 Å². The number of carboxylic acids is 1. The minimum atomic E-state index is -1.41. The molecule has 3 amide bonds. The first-order valence-corrected chi connectivity index (χ1v) is 6.19. The Kier molecular flexibility index (Phi) is 5.65. The average Bonchev–Trinajstić information content (AvgIpc) is 2.40. The van der Waals surface area contributed by atoms with Gasteiger partial charge in [0.05, 0.1) is 6.42 Å². The van der Waals surface area contributed by atoms with Gasteiger partial charge in [-0.25, -0.2) is 14.0 Å². The first kappa shape index (κ1) is 16.4. The van der Waals surface area contributed by atoms with E-state index >= 15 is 0 Å².